The summed E-state index contributed by atoms with van der Waals surface area (Å²) >= 11 is 0. The molecule has 19 heavy (non-hydrogen) atoms. The fourth-order valence-corrected chi connectivity index (χ4v) is 2.13. The van der Waals surface area contributed by atoms with Crippen LogP contribution in [-0.2, 0) is 4.74 Å². The van der Waals surface area contributed by atoms with E-state index >= 15 is 0 Å². The van der Waals surface area contributed by atoms with E-state index in [0.29, 0.717) is 18.0 Å². The van der Waals surface area contributed by atoms with E-state index in [2.05, 4.69) is 15.2 Å². The molecule has 0 bridgehead atoms. The number of aromatic amines is 1. The summed E-state index contributed by atoms with van der Waals surface area (Å²) in [7, 11) is 0. The zero-order valence-electron chi connectivity index (χ0n) is 10.2. The van der Waals surface area contributed by atoms with Gasteiger partial charge < -0.3 is 9.84 Å². The Balaban J connectivity index is 1.89. The molecule has 0 aliphatic carbocycles. The molecule has 1 saturated heterocycles. The summed E-state index contributed by atoms with van der Waals surface area (Å²) in [4.78, 5) is 15.4. The number of ether oxygens (including phenoxy) is 1. The van der Waals surface area contributed by atoms with Crippen molar-refractivity contribution in [2.24, 2.45) is 0 Å². The number of benzene rings is 1. The minimum Gasteiger partial charge on any atom is -0.478 e. The first-order valence-corrected chi connectivity index (χ1v) is 6.08. The van der Waals surface area contributed by atoms with Crippen molar-refractivity contribution in [3.8, 4) is 11.4 Å². The van der Waals surface area contributed by atoms with E-state index in [1.807, 2.05) is 0 Å². The van der Waals surface area contributed by atoms with Crippen molar-refractivity contribution in [2.45, 2.75) is 12.3 Å². The number of hydrogen-bond donors (Lipinski definition) is 2. The number of rotatable bonds is 3. The van der Waals surface area contributed by atoms with Gasteiger partial charge in [0.2, 0.25) is 0 Å². The lowest BCUT2D eigenvalue weighted by Gasteiger charge is -2.00. The summed E-state index contributed by atoms with van der Waals surface area (Å²) in [6.07, 6.45) is 0.934. The van der Waals surface area contributed by atoms with E-state index in [1.165, 1.54) is 0 Å². The van der Waals surface area contributed by atoms with Crippen molar-refractivity contribution in [3.63, 3.8) is 0 Å². The molecule has 1 aliphatic heterocycles. The Labute approximate surface area is 109 Å². The zero-order chi connectivity index (χ0) is 13.2. The van der Waals surface area contributed by atoms with E-state index in [4.69, 9.17) is 9.84 Å². The van der Waals surface area contributed by atoms with Crippen molar-refractivity contribution < 1.29 is 14.6 Å². The van der Waals surface area contributed by atoms with Crippen LogP contribution in [0.3, 0.4) is 0 Å². The van der Waals surface area contributed by atoms with Crippen molar-refractivity contribution >= 4 is 5.97 Å². The molecule has 0 spiro atoms. The first kappa shape index (κ1) is 11.9. The average Bonchev–Trinajstić information content (AvgIpc) is 3.09. The lowest BCUT2D eigenvalue weighted by molar-refractivity contribution is 0.0697. The van der Waals surface area contributed by atoms with E-state index < -0.39 is 5.97 Å². The molecule has 1 fully saturated rings. The topological polar surface area (TPSA) is 88.1 Å². The van der Waals surface area contributed by atoms with Crippen LogP contribution < -0.4 is 0 Å². The van der Waals surface area contributed by atoms with Gasteiger partial charge in [-0.05, 0) is 18.6 Å². The van der Waals surface area contributed by atoms with Gasteiger partial charge in [-0.1, -0.05) is 12.1 Å². The van der Waals surface area contributed by atoms with Gasteiger partial charge >= 0.3 is 5.97 Å². The number of carboxylic acid groups (broad SMARTS) is 1. The summed E-state index contributed by atoms with van der Waals surface area (Å²) < 4.78 is 5.31. The Kier molecular flexibility index (Phi) is 3.00. The molecule has 1 aromatic heterocycles. The Morgan fingerprint density at radius 2 is 2.37 bits per heavy atom. The summed E-state index contributed by atoms with van der Waals surface area (Å²) in [5.41, 5.74) is 0.925. The van der Waals surface area contributed by atoms with E-state index in [0.717, 1.165) is 18.9 Å². The minimum absolute atomic E-state index is 0.230. The SMILES string of the molecule is O=C(O)c1cccc(-c2n[nH]c(C3CCOC3)n2)c1. The molecule has 2 heterocycles. The van der Waals surface area contributed by atoms with Crippen molar-refractivity contribution in [2.75, 3.05) is 13.2 Å². The molecule has 6 heteroatoms. The summed E-state index contributed by atoms with van der Waals surface area (Å²) in [5.74, 6) is 0.615. The molecule has 1 aliphatic rings. The van der Waals surface area contributed by atoms with Gasteiger partial charge in [-0.25, -0.2) is 9.78 Å². The smallest absolute Gasteiger partial charge is 0.335 e. The largest absolute Gasteiger partial charge is 0.478 e. The number of aromatic carboxylic acids is 1. The second kappa shape index (κ2) is 4.81. The van der Waals surface area contributed by atoms with Crippen LogP contribution in [-0.4, -0.2) is 39.5 Å². The van der Waals surface area contributed by atoms with E-state index in [1.54, 1.807) is 24.3 Å². The number of aromatic nitrogens is 3. The van der Waals surface area contributed by atoms with Crippen LogP contribution in [0, 0.1) is 0 Å². The second-order valence-electron chi connectivity index (χ2n) is 4.49. The predicted molar refractivity (Wildman–Crippen MR) is 67.0 cm³/mol. The van der Waals surface area contributed by atoms with Crippen LogP contribution in [0.5, 0.6) is 0 Å². The fourth-order valence-electron chi connectivity index (χ4n) is 2.13. The molecule has 0 amide bonds. The van der Waals surface area contributed by atoms with Gasteiger partial charge in [0.15, 0.2) is 5.82 Å². The van der Waals surface area contributed by atoms with Gasteiger partial charge in [-0.15, -0.1) is 0 Å². The van der Waals surface area contributed by atoms with Gasteiger partial charge in [-0.3, -0.25) is 5.10 Å². The Morgan fingerprint density at radius 1 is 1.47 bits per heavy atom. The third-order valence-corrected chi connectivity index (χ3v) is 3.19. The molecule has 2 N–H and O–H groups in total. The number of nitrogens with one attached hydrogen (secondary N) is 1. The molecule has 6 nitrogen and oxygen atoms in total. The molecule has 0 radical (unpaired) electrons. The maximum absolute atomic E-state index is 10.9. The summed E-state index contributed by atoms with van der Waals surface area (Å²) in [6.45, 7) is 1.40. The van der Waals surface area contributed by atoms with Crippen LogP contribution in [0.1, 0.15) is 28.5 Å². The number of carbonyl (C=O) groups is 1. The highest BCUT2D eigenvalue weighted by molar-refractivity contribution is 5.89. The van der Waals surface area contributed by atoms with Crippen molar-refractivity contribution in [1.82, 2.24) is 15.2 Å². The van der Waals surface area contributed by atoms with Crippen LogP contribution in [0.4, 0.5) is 0 Å². The van der Waals surface area contributed by atoms with Gasteiger partial charge in [0.1, 0.15) is 5.82 Å². The van der Waals surface area contributed by atoms with Gasteiger partial charge in [0.05, 0.1) is 12.2 Å². The highest BCUT2D eigenvalue weighted by Gasteiger charge is 2.21. The normalized spacial score (nSPS) is 18.6. The molecule has 98 valence electrons. The van der Waals surface area contributed by atoms with Gasteiger partial charge in [0.25, 0.3) is 0 Å². The fraction of sp³-hybridized carbons (Fsp3) is 0.308. The maximum Gasteiger partial charge on any atom is 0.335 e. The van der Waals surface area contributed by atoms with Crippen molar-refractivity contribution in [3.05, 3.63) is 35.7 Å². The standard InChI is InChI=1S/C13H13N3O3/c17-13(18)9-3-1-2-8(6-9)11-14-12(16-15-11)10-4-5-19-7-10/h1-3,6,10H,4-5,7H2,(H,17,18)(H,14,15,16). The molecule has 3 rings (SSSR count). The molecule has 0 saturated carbocycles. The maximum atomic E-state index is 10.9. The van der Waals surface area contributed by atoms with E-state index in [9.17, 15) is 4.79 Å². The Bertz CT molecular complexity index is 603. The Hall–Kier alpha value is -2.21. The van der Waals surface area contributed by atoms with Gasteiger partial charge in [0, 0.05) is 18.1 Å². The Morgan fingerprint density at radius 3 is 3.11 bits per heavy atom. The third kappa shape index (κ3) is 2.34. The summed E-state index contributed by atoms with van der Waals surface area (Å²) in [6, 6.07) is 6.60. The molecule has 1 atom stereocenters. The molecule has 2 aromatic rings. The van der Waals surface area contributed by atoms with Crippen LogP contribution in [0.2, 0.25) is 0 Å². The highest BCUT2D eigenvalue weighted by Crippen LogP contribution is 2.24. The number of carboxylic acids is 1. The molecule has 1 unspecified atom stereocenters. The lowest BCUT2D eigenvalue weighted by Crippen LogP contribution is -1.99. The number of H-pyrrole nitrogens is 1. The number of hydrogen-bond acceptors (Lipinski definition) is 4. The zero-order valence-corrected chi connectivity index (χ0v) is 10.2. The molecule has 1 aromatic carbocycles. The minimum atomic E-state index is -0.957. The number of nitrogens with zero attached hydrogens (tertiary/aromatic N) is 2. The van der Waals surface area contributed by atoms with Crippen LogP contribution in [0.15, 0.2) is 24.3 Å². The van der Waals surface area contributed by atoms with Crippen LogP contribution >= 0.6 is 0 Å². The second-order valence-corrected chi connectivity index (χ2v) is 4.49. The average molecular weight is 259 g/mol. The molecular weight excluding hydrogens is 246 g/mol. The van der Waals surface area contributed by atoms with Crippen LogP contribution in [0.25, 0.3) is 11.4 Å². The first-order chi connectivity index (χ1) is 9.24. The third-order valence-electron chi connectivity index (χ3n) is 3.19. The monoisotopic (exact) mass is 259 g/mol. The van der Waals surface area contributed by atoms with Gasteiger partial charge in [-0.2, -0.15) is 5.10 Å². The highest BCUT2D eigenvalue weighted by atomic mass is 16.5. The lowest BCUT2D eigenvalue weighted by atomic mass is 10.1. The van der Waals surface area contributed by atoms with Crippen molar-refractivity contribution in [1.29, 1.82) is 0 Å². The summed E-state index contributed by atoms with van der Waals surface area (Å²) in [5, 5.41) is 16.0. The first-order valence-electron chi connectivity index (χ1n) is 6.08. The van der Waals surface area contributed by atoms with E-state index in [-0.39, 0.29) is 11.5 Å². The predicted octanol–water partition coefficient (Wildman–Crippen LogP) is 1.67. The quantitative estimate of drug-likeness (QED) is 0.875. The molecular formula is C13H13N3O3.